The topological polar surface area (TPSA) is 65.4 Å². The van der Waals surface area contributed by atoms with Crippen LogP contribution < -0.4 is 10.1 Å². The lowest BCUT2D eigenvalue weighted by molar-refractivity contribution is 0.101. The molecule has 0 spiro atoms. The van der Waals surface area contributed by atoms with Gasteiger partial charge in [-0.15, -0.1) is 0 Å². The van der Waals surface area contributed by atoms with Gasteiger partial charge in [0.15, 0.2) is 0 Å². The molecule has 0 saturated carbocycles. The van der Waals surface area contributed by atoms with Crippen LogP contribution in [0.4, 0.5) is 5.69 Å². The number of rotatable bonds is 7. The maximum absolute atomic E-state index is 12.6. The molecule has 0 radical (unpaired) electrons. The monoisotopic (exact) mass is 371 g/mol. The first kappa shape index (κ1) is 18.0. The number of carbonyl (C=O) groups excluding carboxylic acids is 1. The van der Waals surface area contributed by atoms with Crippen molar-refractivity contribution in [3.63, 3.8) is 0 Å². The van der Waals surface area contributed by atoms with E-state index in [9.17, 15) is 4.79 Å². The molecule has 2 aromatic carbocycles. The average molecular weight is 372 g/mol. The van der Waals surface area contributed by atoms with Gasteiger partial charge >= 0.3 is 0 Å². The van der Waals surface area contributed by atoms with E-state index in [1.54, 1.807) is 60.7 Å². The van der Waals surface area contributed by atoms with Crippen LogP contribution in [0.1, 0.15) is 10.4 Å². The van der Waals surface area contributed by atoms with Crippen molar-refractivity contribution in [3.05, 3.63) is 71.8 Å². The Kier molecular flexibility index (Phi) is 5.88. The van der Waals surface area contributed by atoms with Gasteiger partial charge in [0.25, 0.3) is 5.91 Å². The zero-order valence-corrected chi connectivity index (χ0v) is 14.9. The molecule has 26 heavy (non-hydrogen) atoms. The fourth-order valence-corrected chi connectivity index (χ4v) is 2.69. The Hall–Kier alpha value is -2.83. The number of halogens is 1. The molecule has 0 unspecified atom stereocenters. The summed E-state index contributed by atoms with van der Waals surface area (Å²) in [5, 5.41) is 3.35. The summed E-state index contributed by atoms with van der Waals surface area (Å²) in [4.78, 5) is 16.6. The van der Waals surface area contributed by atoms with E-state index in [1.807, 2.05) is 12.1 Å². The summed E-state index contributed by atoms with van der Waals surface area (Å²) < 4.78 is 12.4. The van der Waals surface area contributed by atoms with Crippen molar-refractivity contribution in [2.45, 2.75) is 0 Å². The number of para-hydroxylation sites is 1. The summed E-state index contributed by atoms with van der Waals surface area (Å²) in [7, 11) is 1.60. The lowest BCUT2D eigenvalue weighted by atomic mass is 10.1. The molecule has 7 heteroatoms. The second-order valence-corrected chi connectivity index (χ2v) is 5.83. The lowest BCUT2D eigenvalue weighted by Crippen LogP contribution is -2.15. The molecule has 134 valence electrons. The highest BCUT2D eigenvalue weighted by molar-refractivity contribution is 6.32. The Labute approximate surface area is 156 Å². The zero-order chi connectivity index (χ0) is 18.4. The van der Waals surface area contributed by atoms with Crippen molar-refractivity contribution in [3.8, 4) is 11.4 Å². The molecule has 0 atom stereocenters. The van der Waals surface area contributed by atoms with Gasteiger partial charge in [-0.25, -0.2) is 4.98 Å². The number of nitrogens with one attached hydrogen (secondary N) is 1. The minimum atomic E-state index is -0.274. The number of carbonyl (C=O) groups is 1. The van der Waals surface area contributed by atoms with Crippen molar-refractivity contribution in [2.24, 2.45) is 0 Å². The Bertz CT molecular complexity index is 881. The van der Waals surface area contributed by atoms with Gasteiger partial charge in [-0.2, -0.15) is 0 Å². The number of hydrogen-bond acceptors (Lipinski definition) is 4. The number of hydrogen-bond donors (Lipinski definition) is 1. The smallest absolute Gasteiger partial charge is 0.259 e. The Morgan fingerprint density at radius 3 is 2.81 bits per heavy atom. The van der Waals surface area contributed by atoms with Crippen LogP contribution in [-0.2, 0) is 4.74 Å². The molecule has 0 saturated heterocycles. The molecule has 0 aliphatic carbocycles. The van der Waals surface area contributed by atoms with Crippen LogP contribution in [0.25, 0.3) is 5.69 Å². The molecule has 1 aromatic heterocycles. The van der Waals surface area contributed by atoms with Gasteiger partial charge in [-0.1, -0.05) is 23.7 Å². The van der Waals surface area contributed by atoms with Gasteiger partial charge in [0.2, 0.25) is 0 Å². The minimum Gasteiger partial charge on any atom is -0.490 e. The second kappa shape index (κ2) is 8.51. The fraction of sp³-hybridized carbons (Fsp3) is 0.158. The van der Waals surface area contributed by atoms with Crippen LogP contribution in [0.2, 0.25) is 5.02 Å². The summed E-state index contributed by atoms with van der Waals surface area (Å²) in [6.07, 6.45) is 5.13. The first-order valence-electron chi connectivity index (χ1n) is 7.99. The fourth-order valence-electron chi connectivity index (χ4n) is 2.41. The van der Waals surface area contributed by atoms with Crippen LogP contribution in [0.3, 0.4) is 0 Å². The highest BCUT2D eigenvalue weighted by Gasteiger charge is 2.13. The molecule has 3 aromatic rings. The van der Waals surface area contributed by atoms with Crippen LogP contribution in [0.15, 0.2) is 61.2 Å². The largest absolute Gasteiger partial charge is 0.490 e. The SMILES string of the molecule is COCCOc1ccccc1C(=O)Nc1ccc(-n2ccnc2)c(Cl)c1. The summed E-state index contributed by atoms with van der Waals surface area (Å²) >= 11 is 6.33. The van der Waals surface area contributed by atoms with Crippen LogP contribution in [0, 0.1) is 0 Å². The summed E-state index contributed by atoms with van der Waals surface area (Å²) in [5.74, 6) is 0.229. The van der Waals surface area contributed by atoms with E-state index in [1.165, 1.54) is 0 Å². The molecule has 0 aliphatic heterocycles. The van der Waals surface area contributed by atoms with Gasteiger partial charge in [0, 0.05) is 25.2 Å². The van der Waals surface area contributed by atoms with Crippen molar-refractivity contribution < 1.29 is 14.3 Å². The number of benzene rings is 2. The number of aromatic nitrogens is 2. The molecule has 1 N–H and O–H groups in total. The van der Waals surface area contributed by atoms with E-state index >= 15 is 0 Å². The Morgan fingerprint density at radius 2 is 2.08 bits per heavy atom. The van der Waals surface area contributed by atoms with E-state index in [0.717, 1.165) is 5.69 Å². The van der Waals surface area contributed by atoms with Crippen molar-refractivity contribution in [2.75, 3.05) is 25.6 Å². The average Bonchev–Trinajstić information content (AvgIpc) is 3.17. The highest BCUT2D eigenvalue weighted by Crippen LogP contribution is 2.25. The minimum absolute atomic E-state index is 0.274. The Balaban J connectivity index is 1.75. The van der Waals surface area contributed by atoms with Gasteiger partial charge in [-0.3, -0.25) is 4.79 Å². The second-order valence-electron chi connectivity index (χ2n) is 5.43. The summed E-state index contributed by atoms with van der Waals surface area (Å²) in [6.45, 7) is 0.813. The maximum atomic E-state index is 12.6. The molecule has 0 bridgehead atoms. The molecule has 1 heterocycles. The number of methoxy groups -OCH3 is 1. The lowest BCUT2D eigenvalue weighted by Gasteiger charge is -2.12. The third-order valence-corrected chi connectivity index (χ3v) is 3.97. The quantitative estimate of drug-likeness (QED) is 0.641. The first-order chi connectivity index (χ1) is 12.7. The third kappa shape index (κ3) is 4.22. The summed E-state index contributed by atoms with van der Waals surface area (Å²) in [6, 6.07) is 12.4. The molecule has 6 nitrogen and oxygen atoms in total. The number of imidazole rings is 1. The molecule has 3 rings (SSSR count). The van der Waals surface area contributed by atoms with E-state index in [2.05, 4.69) is 10.3 Å². The first-order valence-corrected chi connectivity index (χ1v) is 8.37. The van der Waals surface area contributed by atoms with E-state index in [0.29, 0.717) is 35.2 Å². The van der Waals surface area contributed by atoms with Gasteiger partial charge in [0.1, 0.15) is 12.4 Å². The molecular weight excluding hydrogens is 354 g/mol. The zero-order valence-electron chi connectivity index (χ0n) is 14.2. The molecule has 0 fully saturated rings. The summed E-state index contributed by atoms with van der Waals surface area (Å²) in [5.41, 5.74) is 1.82. The predicted molar refractivity (Wildman–Crippen MR) is 100 cm³/mol. The van der Waals surface area contributed by atoms with E-state index < -0.39 is 0 Å². The maximum Gasteiger partial charge on any atom is 0.259 e. The van der Waals surface area contributed by atoms with Crippen LogP contribution in [0.5, 0.6) is 5.75 Å². The number of ether oxygens (including phenoxy) is 2. The Morgan fingerprint density at radius 1 is 1.23 bits per heavy atom. The van der Waals surface area contributed by atoms with Crippen molar-refractivity contribution in [1.29, 1.82) is 0 Å². The molecule has 0 aliphatic rings. The molecule has 1 amide bonds. The van der Waals surface area contributed by atoms with Crippen LogP contribution >= 0.6 is 11.6 Å². The number of amides is 1. The predicted octanol–water partition coefficient (Wildman–Crippen LogP) is 3.80. The van der Waals surface area contributed by atoms with E-state index in [4.69, 9.17) is 21.1 Å². The highest BCUT2D eigenvalue weighted by atomic mass is 35.5. The van der Waals surface area contributed by atoms with Crippen molar-refractivity contribution >= 4 is 23.2 Å². The van der Waals surface area contributed by atoms with Crippen LogP contribution in [-0.4, -0.2) is 35.8 Å². The third-order valence-electron chi connectivity index (χ3n) is 3.66. The number of nitrogens with zero attached hydrogens (tertiary/aromatic N) is 2. The van der Waals surface area contributed by atoms with E-state index in [-0.39, 0.29) is 5.91 Å². The number of anilines is 1. The standard InChI is InChI=1S/C19H18ClN3O3/c1-25-10-11-26-18-5-3-2-4-15(18)19(24)22-14-6-7-17(16(20)12-14)23-9-8-21-13-23/h2-9,12-13H,10-11H2,1H3,(H,22,24). The van der Waals surface area contributed by atoms with Gasteiger partial charge in [0.05, 0.1) is 29.2 Å². The normalized spacial score (nSPS) is 10.5. The van der Waals surface area contributed by atoms with Gasteiger partial charge < -0.3 is 19.4 Å². The van der Waals surface area contributed by atoms with Crippen molar-refractivity contribution in [1.82, 2.24) is 9.55 Å². The van der Waals surface area contributed by atoms with Gasteiger partial charge in [-0.05, 0) is 30.3 Å². The molecular formula is C19H18ClN3O3.